The number of methoxy groups -OCH3 is 1. The third-order valence-corrected chi connectivity index (χ3v) is 2.92. The number of aliphatic hydroxyl groups is 1. The highest BCUT2D eigenvalue weighted by atomic mass is 16.5. The minimum absolute atomic E-state index is 0.136. The molecule has 1 unspecified atom stereocenters. The standard InChI is InChI=1S/C10H20N2O3/c1-15-6-8(11)9(14)12-7-10(2-3-10)4-5-13/h8,13H,2-7,11H2,1H3,(H,12,14). The Morgan fingerprint density at radius 3 is 2.80 bits per heavy atom. The van der Waals surface area contributed by atoms with Crippen LogP contribution in [0.3, 0.4) is 0 Å². The van der Waals surface area contributed by atoms with Gasteiger partial charge < -0.3 is 20.9 Å². The van der Waals surface area contributed by atoms with Gasteiger partial charge >= 0.3 is 0 Å². The van der Waals surface area contributed by atoms with Crippen molar-refractivity contribution in [2.75, 3.05) is 26.9 Å². The maximum absolute atomic E-state index is 11.4. The third-order valence-electron chi connectivity index (χ3n) is 2.92. The van der Waals surface area contributed by atoms with Crippen molar-refractivity contribution >= 4 is 5.91 Å². The van der Waals surface area contributed by atoms with Crippen molar-refractivity contribution in [2.45, 2.75) is 25.3 Å². The van der Waals surface area contributed by atoms with Gasteiger partial charge in [-0.1, -0.05) is 0 Å². The second-order valence-electron chi connectivity index (χ2n) is 4.25. The van der Waals surface area contributed by atoms with Gasteiger partial charge in [0.25, 0.3) is 0 Å². The Morgan fingerprint density at radius 2 is 2.33 bits per heavy atom. The number of aliphatic hydroxyl groups excluding tert-OH is 1. The van der Waals surface area contributed by atoms with Gasteiger partial charge in [-0.15, -0.1) is 0 Å². The predicted molar refractivity (Wildman–Crippen MR) is 56.2 cm³/mol. The fraction of sp³-hybridized carbons (Fsp3) is 0.900. The molecule has 1 aliphatic rings. The van der Waals surface area contributed by atoms with E-state index >= 15 is 0 Å². The number of hydrogen-bond acceptors (Lipinski definition) is 4. The summed E-state index contributed by atoms with van der Waals surface area (Å²) in [7, 11) is 1.52. The van der Waals surface area contributed by atoms with E-state index in [2.05, 4.69) is 5.32 Å². The summed E-state index contributed by atoms with van der Waals surface area (Å²) in [6.45, 7) is 1.03. The zero-order chi connectivity index (χ0) is 11.3. The van der Waals surface area contributed by atoms with Gasteiger partial charge in [0.1, 0.15) is 6.04 Å². The van der Waals surface area contributed by atoms with E-state index in [0.717, 1.165) is 19.3 Å². The van der Waals surface area contributed by atoms with Crippen LogP contribution >= 0.6 is 0 Å². The monoisotopic (exact) mass is 216 g/mol. The normalized spacial score (nSPS) is 19.7. The number of carbonyl (C=O) groups excluding carboxylic acids is 1. The average Bonchev–Trinajstić information content (AvgIpc) is 2.96. The van der Waals surface area contributed by atoms with Crippen LogP contribution < -0.4 is 11.1 Å². The van der Waals surface area contributed by atoms with Crippen LogP contribution in [0.4, 0.5) is 0 Å². The molecule has 1 fully saturated rings. The van der Waals surface area contributed by atoms with Crippen molar-refractivity contribution in [3.63, 3.8) is 0 Å². The zero-order valence-electron chi connectivity index (χ0n) is 9.16. The Balaban J connectivity index is 2.22. The summed E-state index contributed by atoms with van der Waals surface area (Å²) in [5, 5.41) is 11.6. The Labute approximate surface area is 90.0 Å². The van der Waals surface area contributed by atoms with Crippen LogP contribution in [0.1, 0.15) is 19.3 Å². The fourth-order valence-electron chi connectivity index (χ4n) is 1.59. The lowest BCUT2D eigenvalue weighted by Crippen LogP contribution is -2.45. The minimum atomic E-state index is -0.597. The molecule has 15 heavy (non-hydrogen) atoms. The highest BCUT2D eigenvalue weighted by Crippen LogP contribution is 2.47. The van der Waals surface area contributed by atoms with Gasteiger partial charge in [-0.2, -0.15) is 0 Å². The van der Waals surface area contributed by atoms with Crippen molar-refractivity contribution in [1.82, 2.24) is 5.32 Å². The third kappa shape index (κ3) is 3.77. The molecule has 1 atom stereocenters. The molecule has 1 saturated carbocycles. The first kappa shape index (κ1) is 12.4. The molecule has 0 aromatic carbocycles. The second kappa shape index (κ2) is 5.44. The molecule has 0 heterocycles. The molecule has 4 N–H and O–H groups in total. The molecule has 5 heteroatoms. The average molecular weight is 216 g/mol. The first-order valence-electron chi connectivity index (χ1n) is 5.27. The first-order chi connectivity index (χ1) is 7.13. The van der Waals surface area contributed by atoms with Crippen molar-refractivity contribution in [3.8, 4) is 0 Å². The molecule has 1 rings (SSSR count). The highest BCUT2D eigenvalue weighted by molar-refractivity contribution is 5.81. The van der Waals surface area contributed by atoms with E-state index in [9.17, 15) is 4.79 Å². The zero-order valence-corrected chi connectivity index (χ0v) is 9.16. The molecular weight excluding hydrogens is 196 g/mol. The highest BCUT2D eigenvalue weighted by Gasteiger charge is 2.42. The van der Waals surface area contributed by atoms with Gasteiger partial charge in [-0.05, 0) is 24.7 Å². The molecule has 0 aliphatic heterocycles. The van der Waals surface area contributed by atoms with E-state index in [0.29, 0.717) is 6.54 Å². The van der Waals surface area contributed by atoms with Crippen LogP contribution in [-0.4, -0.2) is 43.9 Å². The summed E-state index contributed by atoms with van der Waals surface area (Å²) in [5.74, 6) is -0.180. The van der Waals surface area contributed by atoms with Gasteiger partial charge in [-0.3, -0.25) is 4.79 Å². The van der Waals surface area contributed by atoms with Gasteiger partial charge in [0, 0.05) is 20.3 Å². The summed E-state index contributed by atoms with van der Waals surface area (Å²) < 4.78 is 4.79. The van der Waals surface area contributed by atoms with Crippen LogP contribution in [0.2, 0.25) is 0 Å². The molecule has 5 nitrogen and oxygen atoms in total. The fourth-order valence-corrected chi connectivity index (χ4v) is 1.59. The van der Waals surface area contributed by atoms with Gasteiger partial charge in [0.05, 0.1) is 6.61 Å². The largest absolute Gasteiger partial charge is 0.396 e. The Bertz CT molecular complexity index is 217. The number of carbonyl (C=O) groups is 1. The first-order valence-corrected chi connectivity index (χ1v) is 5.27. The molecule has 0 aromatic rings. The Morgan fingerprint density at radius 1 is 1.67 bits per heavy atom. The van der Waals surface area contributed by atoms with Gasteiger partial charge in [-0.25, -0.2) is 0 Å². The SMILES string of the molecule is COCC(N)C(=O)NCC1(CCO)CC1. The lowest BCUT2D eigenvalue weighted by Gasteiger charge is -2.16. The van der Waals surface area contributed by atoms with Crippen LogP contribution in [0.15, 0.2) is 0 Å². The van der Waals surface area contributed by atoms with Crippen LogP contribution in [-0.2, 0) is 9.53 Å². The Kier molecular flexibility index (Phi) is 4.50. The summed E-state index contributed by atoms with van der Waals surface area (Å²) >= 11 is 0. The maximum Gasteiger partial charge on any atom is 0.239 e. The number of ether oxygens (including phenoxy) is 1. The van der Waals surface area contributed by atoms with Gasteiger partial charge in [0.15, 0.2) is 0 Å². The summed E-state index contributed by atoms with van der Waals surface area (Å²) in [6.07, 6.45) is 2.91. The van der Waals surface area contributed by atoms with Crippen LogP contribution in [0.25, 0.3) is 0 Å². The van der Waals surface area contributed by atoms with Crippen molar-refractivity contribution in [3.05, 3.63) is 0 Å². The molecule has 0 radical (unpaired) electrons. The van der Waals surface area contributed by atoms with Crippen molar-refractivity contribution in [1.29, 1.82) is 0 Å². The van der Waals surface area contributed by atoms with E-state index in [1.807, 2.05) is 0 Å². The molecule has 1 amide bonds. The van der Waals surface area contributed by atoms with E-state index in [4.69, 9.17) is 15.6 Å². The second-order valence-corrected chi connectivity index (χ2v) is 4.25. The van der Waals surface area contributed by atoms with E-state index in [1.165, 1.54) is 7.11 Å². The molecule has 0 spiro atoms. The number of hydrogen-bond donors (Lipinski definition) is 3. The maximum atomic E-state index is 11.4. The molecular formula is C10H20N2O3. The molecule has 88 valence electrons. The van der Waals surface area contributed by atoms with E-state index < -0.39 is 6.04 Å². The topological polar surface area (TPSA) is 84.6 Å². The molecule has 1 aliphatic carbocycles. The van der Waals surface area contributed by atoms with E-state index in [1.54, 1.807) is 0 Å². The lowest BCUT2D eigenvalue weighted by molar-refractivity contribution is -0.123. The Hall–Kier alpha value is -0.650. The quantitative estimate of drug-likeness (QED) is 0.522. The minimum Gasteiger partial charge on any atom is -0.396 e. The summed E-state index contributed by atoms with van der Waals surface area (Å²) in [4.78, 5) is 11.4. The van der Waals surface area contributed by atoms with Crippen LogP contribution in [0.5, 0.6) is 0 Å². The summed E-state index contributed by atoms with van der Waals surface area (Å²) in [6, 6.07) is -0.597. The number of rotatable bonds is 7. The van der Waals surface area contributed by atoms with Crippen LogP contribution in [0, 0.1) is 5.41 Å². The number of nitrogens with one attached hydrogen (secondary N) is 1. The van der Waals surface area contributed by atoms with Crippen molar-refractivity contribution in [2.24, 2.45) is 11.1 Å². The smallest absolute Gasteiger partial charge is 0.239 e. The molecule has 0 aromatic heterocycles. The van der Waals surface area contributed by atoms with Gasteiger partial charge in [0.2, 0.25) is 5.91 Å². The molecule has 0 saturated heterocycles. The summed E-state index contributed by atoms with van der Waals surface area (Å²) in [5.41, 5.74) is 5.70. The lowest BCUT2D eigenvalue weighted by atomic mass is 10.0. The number of amides is 1. The van der Waals surface area contributed by atoms with Crippen molar-refractivity contribution < 1.29 is 14.6 Å². The molecule has 0 bridgehead atoms. The predicted octanol–water partition coefficient (Wildman–Crippen LogP) is -0.761. The van der Waals surface area contributed by atoms with E-state index in [-0.39, 0.29) is 24.5 Å². The number of nitrogens with two attached hydrogens (primary N) is 1.